The summed E-state index contributed by atoms with van der Waals surface area (Å²) in [5, 5.41) is 40.8. The third-order valence-corrected chi connectivity index (χ3v) is 4.08. The molecule has 0 saturated heterocycles. The number of phenols is 3. The van der Waals surface area contributed by atoms with Crippen molar-refractivity contribution in [3.05, 3.63) is 82.9 Å². The molecule has 4 N–H and O–H groups in total. The summed E-state index contributed by atoms with van der Waals surface area (Å²) in [4.78, 5) is 12.0. The van der Waals surface area contributed by atoms with Crippen LogP contribution >= 0.6 is 0 Å². The van der Waals surface area contributed by atoms with Crippen LogP contribution in [-0.2, 0) is 6.61 Å². The zero-order valence-corrected chi connectivity index (χ0v) is 15.6. The van der Waals surface area contributed by atoms with Gasteiger partial charge >= 0.3 is 0 Å². The van der Waals surface area contributed by atoms with E-state index in [1.54, 1.807) is 36.4 Å². The smallest absolute Gasteiger partial charge is 0.271 e. The monoisotopic (exact) mass is 403 g/mol. The third-order valence-electron chi connectivity index (χ3n) is 4.08. The van der Waals surface area contributed by atoms with E-state index in [9.17, 15) is 20.1 Å². The summed E-state index contributed by atoms with van der Waals surface area (Å²) < 4.78 is 5.69. The molecule has 0 unspecified atom stereocenters. The average molecular weight is 403 g/mol. The summed E-state index contributed by atoms with van der Waals surface area (Å²) >= 11 is 0. The second-order valence-electron chi connectivity index (χ2n) is 6.23. The van der Waals surface area contributed by atoms with E-state index < -0.39 is 23.2 Å². The number of carbonyl (C=O) groups is 1. The van der Waals surface area contributed by atoms with Gasteiger partial charge < -0.3 is 20.1 Å². The summed E-state index contributed by atoms with van der Waals surface area (Å²) in [5.74, 6) is -1.94. The third kappa shape index (κ3) is 5.05. The fourth-order valence-electron chi connectivity index (χ4n) is 2.46. The first-order valence-electron chi connectivity index (χ1n) is 8.76. The van der Waals surface area contributed by atoms with Gasteiger partial charge in [0, 0.05) is 5.56 Å². The topological polar surface area (TPSA) is 135 Å². The van der Waals surface area contributed by atoms with Gasteiger partial charge in [-0.1, -0.05) is 12.1 Å². The molecule has 0 heterocycles. The highest BCUT2D eigenvalue weighted by molar-refractivity contribution is 5.96. The van der Waals surface area contributed by atoms with Crippen LogP contribution in [0.15, 0.2) is 65.8 Å². The van der Waals surface area contributed by atoms with E-state index in [1.165, 1.54) is 6.21 Å². The molecule has 0 aliphatic rings. The first kappa shape index (κ1) is 20.2. The van der Waals surface area contributed by atoms with Crippen LogP contribution in [0.1, 0.15) is 27.0 Å². The number of hydrogen-bond donors (Lipinski definition) is 4. The van der Waals surface area contributed by atoms with E-state index in [2.05, 4.69) is 16.6 Å². The van der Waals surface area contributed by atoms with Gasteiger partial charge in [0.1, 0.15) is 12.4 Å². The minimum atomic E-state index is -0.698. The quantitative estimate of drug-likeness (QED) is 0.284. The summed E-state index contributed by atoms with van der Waals surface area (Å²) in [5.41, 5.74) is 4.44. The molecule has 3 rings (SSSR count). The molecule has 0 bridgehead atoms. The summed E-state index contributed by atoms with van der Waals surface area (Å²) in [6.07, 6.45) is 1.42. The fourth-order valence-corrected chi connectivity index (χ4v) is 2.46. The standard InChI is InChI=1S/C22H17N3O5/c23-11-14-1-3-16(4-2-14)13-30-18-7-5-15(6-8-18)12-24-25-22(29)17-9-19(26)21(28)20(27)10-17/h1-10,12,26-28H,13H2,(H,25,29)/b24-12+. The molecule has 8 heteroatoms. The Labute approximate surface area is 171 Å². The first-order chi connectivity index (χ1) is 14.5. The number of hydrogen-bond acceptors (Lipinski definition) is 7. The van der Waals surface area contributed by atoms with E-state index in [0.717, 1.165) is 17.7 Å². The van der Waals surface area contributed by atoms with Crippen molar-refractivity contribution < 1.29 is 24.9 Å². The van der Waals surface area contributed by atoms with Crippen molar-refractivity contribution in [3.63, 3.8) is 0 Å². The highest BCUT2D eigenvalue weighted by Crippen LogP contribution is 2.35. The molecule has 0 fully saturated rings. The molecule has 0 aliphatic heterocycles. The number of hydrazone groups is 1. The lowest BCUT2D eigenvalue weighted by Gasteiger charge is -2.06. The van der Waals surface area contributed by atoms with Crippen LogP contribution in [0.3, 0.4) is 0 Å². The number of rotatable bonds is 6. The fraction of sp³-hybridized carbons (Fsp3) is 0.0455. The van der Waals surface area contributed by atoms with Crippen LogP contribution in [0.4, 0.5) is 0 Å². The molecule has 0 radical (unpaired) electrons. The van der Waals surface area contributed by atoms with Gasteiger partial charge in [-0.2, -0.15) is 10.4 Å². The van der Waals surface area contributed by atoms with Gasteiger partial charge in [-0.05, 0) is 59.7 Å². The summed E-state index contributed by atoms with van der Waals surface area (Å²) in [6.45, 7) is 0.363. The van der Waals surface area contributed by atoms with Crippen molar-refractivity contribution in [3.8, 4) is 29.1 Å². The number of nitriles is 1. The lowest BCUT2D eigenvalue weighted by atomic mass is 10.1. The van der Waals surface area contributed by atoms with Gasteiger partial charge in [0.15, 0.2) is 17.2 Å². The van der Waals surface area contributed by atoms with Crippen LogP contribution in [0.25, 0.3) is 0 Å². The highest BCUT2D eigenvalue weighted by Gasteiger charge is 2.12. The number of nitrogens with zero attached hydrogens (tertiary/aromatic N) is 2. The maximum Gasteiger partial charge on any atom is 0.271 e. The molecule has 0 saturated carbocycles. The number of aromatic hydroxyl groups is 3. The molecular weight excluding hydrogens is 386 g/mol. The van der Waals surface area contributed by atoms with Crippen molar-refractivity contribution in [1.29, 1.82) is 5.26 Å². The number of amides is 1. The molecule has 3 aromatic carbocycles. The molecular formula is C22H17N3O5. The Balaban J connectivity index is 1.54. The minimum Gasteiger partial charge on any atom is -0.504 e. The Morgan fingerprint density at radius 3 is 2.27 bits per heavy atom. The molecule has 0 atom stereocenters. The molecule has 0 aromatic heterocycles. The van der Waals surface area contributed by atoms with E-state index in [0.29, 0.717) is 23.5 Å². The number of carbonyl (C=O) groups excluding carboxylic acids is 1. The van der Waals surface area contributed by atoms with E-state index in [1.807, 2.05) is 12.1 Å². The Hall–Kier alpha value is -4.51. The number of benzene rings is 3. The Morgan fingerprint density at radius 2 is 1.67 bits per heavy atom. The second kappa shape index (κ2) is 9.12. The van der Waals surface area contributed by atoms with Gasteiger partial charge in [-0.3, -0.25) is 4.79 Å². The van der Waals surface area contributed by atoms with Gasteiger partial charge in [-0.15, -0.1) is 0 Å². The van der Waals surface area contributed by atoms with E-state index >= 15 is 0 Å². The molecule has 3 aromatic rings. The molecule has 8 nitrogen and oxygen atoms in total. The molecule has 0 spiro atoms. The maximum absolute atomic E-state index is 12.0. The van der Waals surface area contributed by atoms with Crippen LogP contribution in [-0.4, -0.2) is 27.4 Å². The Kier molecular flexibility index (Phi) is 6.15. The first-order valence-corrected chi connectivity index (χ1v) is 8.76. The number of ether oxygens (including phenoxy) is 1. The number of nitrogens with one attached hydrogen (secondary N) is 1. The van der Waals surface area contributed by atoms with Crippen LogP contribution < -0.4 is 10.2 Å². The Bertz CT molecular complexity index is 1090. The maximum atomic E-state index is 12.0. The second-order valence-corrected chi connectivity index (χ2v) is 6.23. The minimum absolute atomic E-state index is 0.0634. The SMILES string of the molecule is N#Cc1ccc(COc2ccc(/C=N/NC(=O)c3cc(O)c(O)c(O)c3)cc2)cc1. The number of phenolic OH excluding ortho intramolecular Hbond substituents is 3. The van der Waals surface area contributed by atoms with Crippen LogP contribution in [0, 0.1) is 11.3 Å². The molecule has 0 aliphatic carbocycles. The van der Waals surface area contributed by atoms with Crippen LogP contribution in [0.2, 0.25) is 0 Å². The van der Waals surface area contributed by atoms with Crippen molar-refractivity contribution in [2.75, 3.05) is 0 Å². The van der Waals surface area contributed by atoms with Gasteiger partial charge in [0.25, 0.3) is 5.91 Å². The van der Waals surface area contributed by atoms with Gasteiger partial charge in [0.2, 0.25) is 0 Å². The van der Waals surface area contributed by atoms with Gasteiger partial charge in [-0.25, -0.2) is 5.43 Å². The van der Waals surface area contributed by atoms with Crippen molar-refractivity contribution in [2.24, 2.45) is 5.10 Å². The van der Waals surface area contributed by atoms with Crippen molar-refractivity contribution in [1.82, 2.24) is 5.43 Å². The normalized spacial score (nSPS) is 10.5. The molecule has 150 valence electrons. The van der Waals surface area contributed by atoms with E-state index in [4.69, 9.17) is 10.00 Å². The lowest BCUT2D eigenvalue weighted by Crippen LogP contribution is -2.17. The van der Waals surface area contributed by atoms with Crippen molar-refractivity contribution in [2.45, 2.75) is 6.61 Å². The zero-order valence-electron chi connectivity index (χ0n) is 15.6. The lowest BCUT2D eigenvalue weighted by molar-refractivity contribution is 0.0954. The molecule has 1 amide bonds. The molecule has 30 heavy (non-hydrogen) atoms. The average Bonchev–Trinajstić information content (AvgIpc) is 2.76. The van der Waals surface area contributed by atoms with E-state index in [-0.39, 0.29) is 5.56 Å². The summed E-state index contributed by atoms with van der Waals surface area (Å²) in [7, 11) is 0. The van der Waals surface area contributed by atoms with Crippen LogP contribution in [0.5, 0.6) is 23.0 Å². The Morgan fingerprint density at radius 1 is 1.03 bits per heavy atom. The van der Waals surface area contributed by atoms with Gasteiger partial charge in [0.05, 0.1) is 17.8 Å². The predicted octanol–water partition coefficient (Wildman–Crippen LogP) is 3.02. The predicted molar refractivity (Wildman–Crippen MR) is 108 cm³/mol. The zero-order chi connectivity index (χ0) is 21.5. The largest absolute Gasteiger partial charge is 0.504 e. The highest BCUT2D eigenvalue weighted by atomic mass is 16.5. The summed E-state index contributed by atoms with van der Waals surface area (Å²) in [6, 6.07) is 18.2. The van der Waals surface area contributed by atoms with Crippen molar-refractivity contribution >= 4 is 12.1 Å².